The van der Waals surface area contributed by atoms with E-state index in [0.717, 1.165) is 0 Å². The van der Waals surface area contributed by atoms with Crippen LogP contribution < -0.4 is 0 Å². The van der Waals surface area contributed by atoms with Crippen molar-refractivity contribution < 1.29 is 96.9 Å². The minimum atomic E-state index is -9.04. The molecule has 0 radical (unpaired) electrons. The summed E-state index contributed by atoms with van der Waals surface area (Å²) in [5.41, 5.74) is 0. The Balaban J connectivity index is 6.77. The summed E-state index contributed by atoms with van der Waals surface area (Å²) in [5, 5.41) is 0. The first-order valence-electron chi connectivity index (χ1n) is 6.88. The summed E-state index contributed by atoms with van der Waals surface area (Å²) in [6.07, 6.45) is -23.0. The number of alkyl halides is 21. The molecule has 22 heteroatoms. The van der Waals surface area contributed by atoms with Gasteiger partial charge in [-0.2, -0.15) is 92.2 Å². The molecule has 0 saturated heterocycles. The van der Waals surface area contributed by atoms with Crippen LogP contribution in [0.15, 0.2) is 0 Å². The van der Waals surface area contributed by atoms with E-state index in [9.17, 15) is 92.2 Å². The summed E-state index contributed by atoms with van der Waals surface area (Å²) in [4.78, 5) is 0. The third-order valence-corrected chi connectivity index (χ3v) is 3.46. The van der Waals surface area contributed by atoms with Crippen LogP contribution in [0.4, 0.5) is 92.2 Å². The SMILES string of the molecule is CC(F)(F)C(F)(F)OC(F)(F)C(F)(F)C(F)(F)C(F)(F)C(F)(F)C(F)(F)C(F)(F)C(F)(F)F. The zero-order valence-electron chi connectivity index (χ0n) is 14.3. The fourth-order valence-electron chi connectivity index (χ4n) is 1.46. The molecule has 0 aliphatic carbocycles. The van der Waals surface area contributed by atoms with Crippen LogP contribution in [0.2, 0.25) is 0 Å². The number of rotatable bonds is 9. The van der Waals surface area contributed by atoms with Crippen molar-refractivity contribution in [3.63, 3.8) is 0 Å². The summed E-state index contributed by atoms with van der Waals surface area (Å²) in [6, 6.07) is 0. The third kappa shape index (κ3) is 4.23. The molecule has 0 N–H and O–H groups in total. The molecule has 0 rings (SSSR count). The van der Waals surface area contributed by atoms with Gasteiger partial charge in [-0.1, -0.05) is 0 Å². The zero-order chi connectivity index (χ0) is 27.7. The maximum atomic E-state index is 13.2. The number of halogens is 21. The third-order valence-electron chi connectivity index (χ3n) is 3.46. The van der Waals surface area contributed by atoms with Gasteiger partial charge in [-0.05, 0) is 0 Å². The minimum Gasteiger partial charge on any atom is -0.245 e. The molecule has 0 aromatic rings. The first-order valence-corrected chi connectivity index (χ1v) is 6.88. The molecule has 0 atom stereocenters. The van der Waals surface area contributed by atoms with Gasteiger partial charge in [0.1, 0.15) is 0 Å². The van der Waals surface area contributed by atoms with Crippen molar-refractivity contribution >= 4 is 0 Å². The molecule has 0 fully saturated rings. The van der Waals surface area contributed by atoms with E-state index in [-0.39, 0.29) is 0 Å². The van der Waals surface area contributed by atoms with Gasteiger partial charge in [-0.25, -0.2) is 4.74 Å². The Hall–Kier alpha value is -1.51. The Kier molecular flexibility index (Phi) is 7.15. The molecule has 0 aromatic heterocycles. The molecular weight excluding hydrogens is 547 g/mol. The number of hydrogen-bond donors (Lipinski definition) is 0. The van der Waals surface area contributed by atoms with E-state index in [1.165, 1.54) is 4.74 Å². The van der Waals surface area contributed by atoms with Gasteiger partial charge in [0, 0.05) is 6.92 Å². The summed E-state index contributed by atoms with van der Waals surface area (Å²) in [6.45, 7) is -1.12. The lowest BCUT2D eigenvalue weighted by molar-refractivity contribution is -0.509. The van der Waals surface area contributed by atoms with Gasteiger partial charge in [-0.3, -0.25) is 0 Å². The molecule has 0 aromatic carbocycles. The van der Waals surface area contributed by atoms with Crippen molar-refractivity contribution in [2.24, 2.45) is 0 Å². The molecule has 33 heavy (non-hydrogen) atoms. The lowest BCUT2D eigenvalue weighted by Crippen LogP contribution is -2.75. The van der Waals surface area contributed by atoms with Crippen molar-refractivity contribution in [3.8, 4) is 0 Å². The van der Waals surface area contributed by atoms with Crippen LogP contribution in [0.25, 0.3) is 0 Å². The predicted octanol–water partition coefficient (Wildman–Crippen LogP) is 7.22. The highest BCUT2D eigenvalue weighted by Gasteiger charge is 2.96. The van der Waals surface area contributed by atoms with Crippen molar-refractivity contribution in [2.45, 2.75) is 66.8 Å². The number of ether oxygens (including phenoxy) is 1. The van der Waals surface area contributed by atoms with Crippen molar-refractivity contribution in [1.82, 2.24) is 0 Å². The predicted molar refractivity (Wildman–Crippen MR) is 57.3 cm³/mol. The van der Waals surface area contributed by atoms with Gasteiger partial charge in [0.2, 0.25) is 0 Å². The van der Waals surface area contributed by atoms with Gasteiger partial charge in [-0.15, -0.1) is 0 Å². The largest absolute Gasteiger partial charge is 0.460 e. The van der Waals surface area contributed by atoms with Crippen molar-refractivity contribution in [1.29, 1.82) is 0 Å². The molecule has 1 nitrogen and oxygen atoms in total. The molecule has 0 amide bonds. The van der Waals surface area contributed by atoms with Crippen LogP contribution in [0.5, 0.6) is 0 Å². The lowest BCUT2D eigenvalue weighted by Gasteiger charge is -2.42. The van der Waals surface area contributed by atoms with Gasteiger partial charge in [0.15, 0.2) is 0 Å². The summed E-state index contributed by atoms with van der Waals surface area (Å²) in [7, 11) is 0. The average molecular weight is 550 g/mol. The maximum Gasteiger partial charge on any atom is 0.460 e. The van der Waals surface area contributed by atoms with E-state index in [0.29, 0.717) is 0 Å². The highest BCUT2D eigenvalue weighted by molar-refractivity contribution is 5.14. The second-order valence-electron chi connectivity index (χ2n) is 5.97. The molecule has 0 heterocycles. The monoisotopic (exact) mass is 550 g/mol. The van der Waals surface area contributed by atoms with E-state index in [1.807, 2.05) is 0 Å². The molecule has 0 aliphatic heterocycles. The quantitative estimate of drug-likeness (QED) is 0.276. The first-order chi connectivity index (χ1) is 13.7. The molecule has 0 spiro atoms. The van der Waals surface area contributed by atoms with Crippen LogP contribution in [-0.4, -0.2) is 59.9 Å². The molecule has 0 unspecified atom stereocenters. The Bertz CT molecular complexity index is 709. The Labute approximate surface area is 165 Å². The van der Waals surface area contributed by atoms with Crippen molar-refractivity contribution in [2.75, 3.05) is 0 Å². The van der Waals surface area contributed by atoms with Crippen LogP contribution in [0.1, 0.15) is 6.92 Å². The van der Waals surface area contributed by atoms with Crippen LogP contribution in [0.3, 0.4) is 0 Å². The molecule has 200 valence electrons. The van der Waals surface area contributed by atoms with Crippen LogP contribution >= 0.6 is 0 Å². The Morgan fingerprint density at radius 2 is 0.576 bits per heavy atom. The Morgan fingerprint density at radius 1 is 0.333 bits per heavy atom. The second kappa shape index (κ2) is 7.49. The molecule has 0 saturated carbocycles. The highest BCUT2D eigenvalue weighted by atomic mass is 19.4. The Morgan fingerprint density at radius 3 is 0.818 bits per heavy atom. The normalized spacial score (nSPS) is 16.9. The zero-order valence-corrected chi connectivity index (χ0v) is 14.3. The topological polar surface area (TPSA) is 9.23 Å². The minimum absolute atomic E-state index is 1.12. The molecule has 0 aliphatic rings. The van der Waals surface area contributed by atoms with Gasteiger partial charge in [0.25, 0.3) is 0 Å². The first kappa shape index (κ1) is 31.5. The van der Waals surface area contributed by atoms with Crippen LogP contribution in [-0.2, 0) is 4.74 Å². The average Bonchev–Trinajstić information content (AvgIpc) is 2.50. The van der Waals surface area contributed by atoms with E-state index in [1.54, 1.807) is 0 Å². The fraction of sp³-hybridized carbons (Fsp3) is 1.00. The van der Waals surface area contributed by atoms with Gasteiger partial charge >= 0.3 is 59.9 Å². The number of hydrogen-bond acceptors (Lipinski definition) is 1. The second-order valence-corrected chi connectivity index (χ2v) is 5.97. The van der Waals surface area contributed by atoms with Gasteiger partial charge < -0.3 is 0 Å². The van der Waals surface area contributed by atoms with Crippen molar-refractivity contribution in [3.05, 3.63) is 0 Å². The van der Waals surface area contributed by atoms with E-state index >= 15 is 0 Å². The van der Waals surface area contributed by atoms with Crippen LogP contribution in [0, 0.1) is 0 Å². The fourth-order valence-corrected chi connectivity index (χ4v) is 1.46. The maximum absolute atomic E-state index is 13.2. The van der Waals surface area contributed by atoms with Gasteiger partial charge in [0.05, 0.1) is 0 Å². The standard InChI is InChI=1S/C11H3F21O/c1-2(12,13)10(29,30)33-11(31,32)8(24,25)6(20,21)4(16,17)3(14,15)5(18,19)7(22,23)9(26,27)28/h1H3. The van der Waals surface area contributed by atoms with E-state index in [4.69, 9.17) is 0 Å². The summed E-state index contributed by atoms with van der Waals surface area (Å²) in [5.74, 6) is -58.8. The molecular formula is C11H3F21O. The summed E-state index contributed by atoms with van der Waals surface area (Å²) >= 11 is 0. The molecule has 0 bridgehead atoms. The lowest BCUT2D eigenvalue weighted by atomic mass is 9.90. The van der Waals surface area contributed by atoms with E-state index < -0.39 is 66.8 Å². The summed E-state index contributed by atoms with van der Waals surface area (Å²) < 4.78 is 269. The highest BCUT2D eigenvalue weighted by Crippen LogP contribution is 2.64. The smallest absolute Gasteiger partial charge is 0.245 e. The van der Waals surface area contributed by atoms with E-state index in [2.05, 4.69) is 0 Å².